The lowest BCUT2D eigenvalue weighted by atomic mass is 10.2. The molecule has 4 heterocycles. The second-order valence-corrected chi connectivity index (χ2v) is 10.1. The van der Waals surface area contributed by atoms with Gasteiger partial charge >= 0.3 is 0 Å². The predicted octanol–water partition coefficient (Wildman–Crippen LogP) is 7.50. The molecule has 0 aliphatic carbocycles. The van der Waals surface area contributed by atoms with Gasteiger partial charge in [-0.1, -0.05) is 81.8 Å². The number of nitrogens with zero attached hydrogens (tertiary/aromatic N) is 6. The van der Waals surface area contributed by atoms with Crippen LogP contribution in [0.5, 0.6) is 0 Å². The van der Waals surface area contributed by atoms with Crippen LogP contribution in [0, 0.1) is 0 Å². The number of carbonyl (C=O) groups is 2. The molecule has 2 fully saturated rings. The number of imidazole rings is 1. The zero-order valence-electron chi connectivity index (χ0n) is 27.5. The lowest BCUT2D eigenvalue weighted by Crippen LogP contribution is -2.23. The number of rotatable bonds is 5. The Kier molecular flexibility index (Phi) is 23.9. The van der Waals surface area contributed by atoms with Crippen LogP contribution >= 0.6 is 0 Å². The first kappa shape index (κ1) is 40.2. The summed E-state index contributed by atoms with van der Waals surface area (Å²) >= 11 is 0. The summed E-state index contributed by atoms with van der Waals surface area (Å²) in [5.41, 5.74) is 2.28. The van der Waals surface area contributed by atoms with Crippen LogP contribution in [0.4, 0.5) is 0 Å². The maximum atomic E-state index is 11.1. The van der Waals surface area contributed by atoms with Crippen LogP contribution < -0.4 is 0 Å². The quantitative estimate of drug-likeness (QED) is 0.298. The first-order chi connectivity index (χ1) is 21.7. The Labute approximate surface area is 271 Å². The molecule has 2 aliphatic heterocycles. The van der Waals surface area contributed by atoms with E-state index in [-0.39, 0.29) is 11.8 Å². The molecule has 45 heavy (non-hydrogen) atoms. The van der Waals surface area contributed by atoms with E-state index >= 15 is 0 Å². The minimum Gasteiger partial charge on any atom is -0.320 e. The van der Waals surface area contributed by atoms with Crippen molar-refractivity contribution >= 4 is 30.2 Å². The van der Waals surface area contributed by atoms with Crippen LogP contribution in [-0.4, -0.2) is 75.3 Å². The molecule has 242 valence electrons. The Balaban J connectivity index is 0.000000524. The highest BCUT2D eigenvalue weighted by Gasteiger charge is 2.16. The van der Waals surface area contributed by atoms with Crippen molar-refractivity contribution in [3.05, 3.63) is 130 Å². The first-order valence-electron chi connectivity index (χ1n) is 15.0. The van der Waals surface area contributed by atoms with E-state index in [1.807, 2.05) is 80.8 Å². The Hall–Kier alpha value is -4.82. The average Bonchev–Trinajstić information content (AvgIpc) is 3.71. The third-order valence-corrected chi connectivity index (χ3v) is 5.87. The highest BCUT2D eigenvalue weighted by molar-refractivity contribution is 5.79. The molecule has 0 saturated carbocycles. The van der Waals surface area contributed by atoms with Crippen molar-refractivity contribution in [3.63, 3.8) is 0 Å². The fourth-order valence-electron chi connectivity index (χ4n) is 3.52. The van der Waals surface area contributed by atoms with Gasteiger partial charge in [0, 0.05) is 56.9 Å². The molecule has 2 amide bonds. The highest BCUT2D eigenvalue weighted by Crippen LogP contribution is 2.10. The minimum atomic E-state index is 0.208. The lowest BCUT2D eigenvalue weighted by Gasteiger charge is -2.13. The molecule has 8 heteroatoms. The van der Waals surface area contributed by atoms with E-state index in [1.165, 1.54) is 12.0 Å². The monoisotopic (exact) mass is 612 g/mol. The van der Waals surface area contributed by atoms with Gasteiger partial charge < -0.3 is 19.3 Å². The molecule has 3 aromatic rings. The summed E-state index contributed by atoms with van der Waals surface area (Å²) in [7, 11) is 6.00. The summed E-state index contributed by atoms with van der Waals surface area (Å²) < 4.78 is 1.78. The van der Waals surface area contributed by atoms with Gasteiger partial charge in [-0.25, -0.2) is 4.98 Å². The molecule has 2 aromatic heterocycles. The van der Waals surface area contributed by atoms with Crippen molar-refractivity contribution in [2.45, 2.75) is 38.5 Å². The number of pyridine rings is 1. The van der Waals surface area contributed by atoms with Crippen LogP contribution in [0.1, 0.15) is 49.7 Å². The Morgan fingerprint density at radius 1 is 0.644 bits per heavy atom. The number of hydrogen-bond donors (Lipinski definition) is 0. The molecule has 2 saturated heterocycles. The summed E-state index contributed by atoms with van der Waals surface area (Å²) in [6.45, 7) is 19.6. The maximum absolute atomic E-state index is 11.1. The third-order valence-electron chi connectivity index (χ3n) is 5.87. The fraction of sp³-hybridized carbons (Fsp3) is 0.297. The molecule has 0 spiro atoms. The fourth-order valence-corrected chi connectivity index (χ4v) is 3.52. The van der Waals surface area contributed by atoms with Crippen molar-refractivity contribution in [2.24, 2.45) is 0 Å². The Bertz CT molecular complexity index is 1180. The zero-order valence-corrected chi connectivity index (χ0v) is 27.5. The summed E-state index contributed by atoms with van der Waals surface area (Å²) in [5, 5.41) is 0. The van der Waals surface area contributed by atoms with E-state index < -0.39 is 0 Å². The van der Waals surface area contributed by atoms with Gasteiger partial charge in [0.1, 0.15) is 0 Å². The van der Waals surface area contributed by atoms with E-state index in [9.17, 15) is 9.59 Å². The van der Waals surface area contributed by atoms with E-state index in [0.717, 1.165) is 37.9 Å². The number of hydrogen-bond acceptors (Lipinski definition) is 5. The van der Waals surface area contributed by atoms with E-state index in [4.69, 9.17) is 0 Å². The van der Waals surface area contributed by atoms with Crippen molar-refractivity contribution in [1.82, 2.24) is 29.2 Å². The van der Waals surface area contributed by atoms with Gasteiger partial charge in [-0.05, 0) is 76.1 Å². The topological polar surface area (TPSA) is 74.6 Å². The van der Waals surface area contributed by atoms with Crippen LogP contribution in [0.3, 0.4) is 0 Å². The first-order valence-corrected chi connectivity index (χ1v) is 15.0. The van der Waals surface area contributed by atoms with Crippen molar-refractivity contribution in [3.8, 4) is 0 Å². The zero-order chi connectivity index (χ0) is 33.7. The number of aromatic nitrogens is 3. The molecule has 0 N–H and O–H groups in total. The standard InChI is InChI=1S/C8H13NO.C8H8.C7H7N.C6H9NO.C5H6N2.C3H9N/c1-2-9-7-5-3-4-6-8(9)10;1-2-8-6-4-3-5-7-8;1-2-7-3-5-8-6-4-7;1-2-7-5-3-4-6(7)8;1-2-7-4-3-6-5-7;1-4(2)3/h2H,1,3-7H2;2-7H,1H2;2-6H,1H2;2H,1,3-5H2;2-5H,1H2;1-3H3. The molecule has 5 rings (SSSR count). The summed E-state index contributed by atoms with van der Waals surface area (Å²) in [4.78, 5) is 34.8. The number of amides is 2. The summed E-state index contributed by atoms with van der Waals surface area (Å²) in [6, 6.07) is 13.8. The van der Waals surface area contributed by atoms with Gasteiger partial charge in [0.15, 0.2) is 0 Å². The summed E-state index contributed by atoms with van der Waals surface area (Å²) in [6.07, 6.45) is 23.0. The maximum Gasteiger partial charge on any atom is 0.226 e. The van der Waals surface area contributed by atoms with E-state index in [2.05, 4.69) is 42.9 Å². The van der Waals surface area contributed by atoms with E-state index in [1.54, 1.807) is 64.0 Å². The molecule has 1 aromatic carbocycles. The molecule has 0 unspecified atom stereocenters. The predicted molar refractivity (Wildman–Crippen MR) is 191 cm³/mol. The van der Waals surface area contributed by atoms with Gasteiger partial charge in [0.25, 0.3) is 0 Å². The largest absolute Gasteiger partial charge is 0.320 e. The minimum absolute atomic E-state index is 0.208. The number of carbonyl (C=O) groups excluding carboxylic acids is 2. The smallest absolute Gasteiger partial charge is 0.226 e. The second-order valence-electron chi connectivity index (χ2n) is 10.1. The average molecular weight is 613 g/mol. The van der Waals surface area contributed by atoms with Gasteiger partial charge in [-0.15, -0.1) is 0 Å². The molecule has 0 bridgehead atoms. The molecule has 0 radical (unpaired) electrons. The highest BCUT2D eigenvalue weighted by atomic mass is 16.2. The van der Waals surface area contributed by atoms with Crippen LogP contribution in [0.15, 0.2) is 119 Å². The molecular weight excluding hydrogens is 560 g/mol. The molecular formula is C37H52N6O2. The van der Waals surface area contributed by atoms with Gasteiger partial charge in [-0.3, -0.25) is 14.6 Å². The Morgan fingerprint density at radius 2 is 1.16 bits per heavy atom. The normalized spacial score (nSPS) is 13.2. The molecule has 0 atom stereocenters. The van der Waals surface area contributed by atoms with Crippen LogP contribution in [0.2, 0.25) is 0 Å². The van der Waals surface area contributed by atoms with Crippen molar-refractivity contribution < 1.29 is 9.59 Å². The number of likely N-dealkylation sites (tertiary alicyclic amines) is 2. The third kappa shape index (κ3) is 21.5. The number of benzene rings is 1. The van der Waals surface area contributed by atoms with E-state index in [0.29, 0.717) is 12.8 Å². The van der Waals surface area contributed by atoms with Gasteiger partial charge in [0.2, 0.25) is 11.8 Å². The summed E-state index contributed by atoms with van der Waals surface area (Å²) in [5.74, 6) is 0.438. The van der Waals surface area contributed by atoms with Crippen LogP contribution in [-0.2, 0) is 9.59 Å². The molecule has 8 nitrogen and oxygen atoms in total. The lowest BCUT2D eigenvalue weighted by molar-refractivity contribution is -0.128. The van der Waals surface area contributed by atoms with Crippen molar-refractivity contribution in [2.75, 3.05) is 34.2 Å². The molecule has 2 aliphatic rings. The second kappa shape index (κ2) is 26.8. The van der Waals surface area contributed by atoms with Gasteiger partial charge in [-0.2, -0.15) is 0 Å². The van der Waals surface area contributed by atoms with Crippen LogP contribution in [0.25, 0.3) is 18.4 Å². The Morgan fingerprint density at radius 3 is 1.51 bits per heavy atom. The van der Waals surface area contributed by atoms with Gasteiger partial charge in [0.05, 0.1) is 6.33 Å². The SMILES string of the molecule is C=CN1CCCC1=O.C=CN1CCCCCC1=O.C=Cc1ccccc1.C=Cc1ccncc1.C=Cn1ccnc1.CN(C)C. The van der Waals surface area contributed by atoms with Crippen molar-refractivity contribution in [1.29, 1.82) is 0 Å².